The van der Waals surface area contributed by atoms with E-state index >= 15 is 0 Å². The Kier molecular flexibility index (Phi) is 4.97. The molecule has 6 aromatic carbocycles. The Bertz CT molecular complexity index is 1990. The van der Waals surface area contributed by atoms with E-state index in [0.717, 1.165) is 27.5 Å². The molecular weight excluding hydrogens is 512 g/mol. The predicted octanol–water partition coefficient (Wildman–Crippen LogP) is 7.26. The van der Waals surface area contributed by atoms with Crippen molar-refractivity contribution in [3.63, 3.8) is 0 Å². The number of fused-ring (bicyclic) bond motifs is 6. The van der Waals surface area contributed by atoms with Crippen molar-refractivity contribution in [3.8, 4) is 22.3 Å². The van der Waals surface area contributed by atoms with Gasteiger partial charge < -0.3 is 4.42 Å². The van der Waals surface area contributed by atoms with Gasteiger partial charge in [0.25, 0.3) is 0 Å². The van der Waals surface area contributed by atoms with Gasteiger partial charge in [-0.1, -0.05) is 121 Å². The van der Waals surface area contributed by atoms with Gasteiger partial charge in [0, 0.05) is 21.9 Å². The molecule has 0 fully saturated rings. The first-order chi connectivity index (χ1) is 19.2. The number of rotatable bonds is 3. The van der Waals surface area contributed by atoms with Crippen LogP contribution in [0, 0.1) is 0 Å². The van der Waals surface area contributed by atoms with Crippen molar-refractivity contribution < 1.29 is 4.42 Å². The van der Waals surface area contributed by atoms with Gasteiger partial charge in [0.2, 0.25) is 0 Å². The molecule has 1 aliphatic rings. The molecule has 0 saturated carbocycles. The molecule has 0 bridgehead atoms. The summed E-state index contributed by atoms with van der Waals surface area (Å²) in [5, 5.41) is 8.59. The fraction of sp³-hybridized carbons (Fsp3) is 0. The van der Waals surface area contributed by atoms with E-state index in [1.165, 1.54) is 37.4 Å². The van der Waals surface area contributed by atoms with Crippen LogP contribution in [0.5, 0.6) is 0 Å². The van der Waals surface area contributed by atoms with Gasteiger partial charge in [-0.2, -0.15) is 0 Å². The minimum Gasteiger partial charge on any atom is -0.456 e. The van der Waals surface area contributed by atoms with Gasteiger partial charge in [-0.15, -0.1) is 0 Å². The maximum Gasteiger partial charge on any atom is 0.180 e. The maximum absolute atomic E-state index is 6.24. The largest absolute Gasteiger partial charge is 0.456 e. The summed E-state index contributed by atoms with van der Waals surface area (Å²) in [6.07, 6.45) is 0. The Labute approximate surface area is 232 Å². The van der Waals surface area contributed by atoms with Crippen LogP contribution >= 0.6 is 11.6 Å². The van der Waals surface area contributed by atoms with Crippen molar-refractivity contribution in [1.29, 1.82) is 0 Å². The number of hydrogen-bond donors (Lipinski definition) is 0. The molecule has 2 heterocycles. The first kappa shape index (κ1) is 22.6. The molecule has 1 aromatic heterocycles. The highest BCUT2D eigenvalue weighted by molar-refractivity contribution is 7.22. The average Bonchev–Trinajstić information content (AvgIpc) is 3.50. The zero-order valence-electron chi connectivity index (χ0n) is 21.1. The minimum absolute atomic E-state index is 0.683. The molecule has 0 unspecified atom stereocenters. The van der Waals surface area contributed by atoms with Crippen LogP contribution in [0.4, 0.5) is 0 Å². The molecule has 0 radical (unpaired) electrons. The number of hydrogen-bond acceptors (Lipinski definition) is 1. The third-order valence-corrected chi connectivity index (χ3v) is 13.3. The molecule has 0 saturated heterocycles. The van der Waals surface area contributed by atoms with Crippen molar-refractivity contribution in [1.82, 2.24) is 0 Å². The smallest absolute Gasteiger partial charge is 0.180 e. The van der Waals surface area contributed by atoms with Crippen LogP contribution in [-0.4, -0.2) is 8.07 Å². The van der Waals surface area contributed by atoms with E-state index in [0.29, 0.717) is 5.02 Å². The Morgan fingerprint density at radius 3 is 1.77 bits per heavy atom. The van der Waals surface area contributed by atoms with Crippen molar-refractivity contribution in [3.05, 3.63) is 145 Å². The van der Waals surface area contributed by atoms with Gasteiger partial charge >= 0.3 is 0 Å². The molecule has 1 nitrogen and oxygen atoms in total. The van der Waals surface area contributed by atoms with Gasteiger partial charge in [-0.3, -0.25) is 0 Å². The van der Waals surface area contributed by atoms with Gasteiger partial charge in [-0.25, -0.2) is 0 Å². The van der Waals surface area contributed by atoms with E-state index in [4.69, 9.17) is 16.0 Å². The summed E-state index contributed by atoms with van der Waals surface area (Å²) in [5.41, 5.74) is 6.74. The van der Waals surface area contributed by atoms with Gasteiger partial charge in [0.05, 0.1) is 0 Å². The lowest BCUT2D eigenvalue weighted by molar-refractivity contribution is 0.669. The monoisotopic (exact) mass is 534 g/mol. The van der Waals surface area contributed by atoms with Crippen molar-refractivity contribution in [2.45, 2.75) is 0 Å². The van der Waals surface area contributed by atoms with Crippen molar-refractivity contribution in [2.75, 3.05) is 0 Å². The molecular formula is C36H23ClOSi. The lowest BCUT2D eigenvalue weighted by Crippen LogP contribution is -2.72. The molecule has 184 valence electrons. The Hall–Kier alpha value is -4.37. The van der Waals surface area contributed by atoms with E-state index in [2.05, 4.69) is 121 Å². The molecule has 7 aromatic rings. The summed E-state index contributed by atoms with van der Waals surface area (Å²) in [5.74, 6) is 0. The Balaban J connectivity index is 1.40. The Morgan fingerprint density at radius 1 is 0.462 bits per heavy atom. The molecule has 3 heteroatoms. The molecule has 39 heavy (non-hydrogen) atoms. The second-order valence-corrected chi connectivity index (χ2v) is 14.4. The first-order valence-corrected chi connectivity index (χ1v) is 15.6. The second-order valence-electron chi connectivity index (χ2n) is 10.2. The fourth-order valence-corrected chi connectivity index (χ4v) is 11.9. The predicted molar refractivity (Wildman–Crippen MR) is 167 cm³/mol. The highest BCUT2D eigenvalue weighted by Gasteiger charge is 2.48. The zero-order valence-corrected chi connectivity index (χ0v) is 22.8. The summed E-state index contributed by atoms with van der Waals surface area (Å²) in [7, 11) is -2.51. The number of benzene rings is 6. The number of furan rings is 1. The van der Waals surface area contributed by atoms with Crippen LogP contribution in [0.1, 0.15) is 0 Å². The lowest BCUT2D eigenvalue weighted by atomic mass is 9.99. The summed E-state index contributed by atoms with van der Waals surface area (Å²) in [4.78, 5) is 0. The van der Waals surface area contributed by atoms with Gasteiger partial charge in [0.1, 0.15) is 11.2 Å². The van der Waals surface area contributed by atoms with Crippen LogP contribution in [0.15, 0.2) is 144 Å². The molecule has 0 atom stereocenters. The third kappa shape index (κ3) is 3.26. The fourth-order valence-electron chi connectivity index (χ4n) is 6.55. The molecule has 1 aliphatic heterocycles. The van der Waals surface area contributed by atoms with Crippen molar-refractivity contribution >= 4 is 62.4 Å². The van der Waals surface area contributed by atoms with E-state index in [9.17, 15) is 0 Å². The van der Waals surface area contributed by atoms with Crippen LogP contribution in [0.2, 0.25) is 5.02 Å². The second kappa shape index (κ2) is 8.57. The van der Waals surface area contributed by atoms with E-state index in [1.54, 1.807) is 0 Å². The van der Waals surface area contributed by atoms with E-state index in [-0.39, 0.29) is 0 Å². The SMILES string of the molecule is Clc1ccc2c(c1)oc1cc(-c3ccc4c(c3)[Si](c3ccccc3)(c3ccccc3)c3ccccc3-4)ccc12. The third-order valence-electron chi connectivity index (χ3n) is 8.23. The van der Waals surface area contributed by atoms with Crippen LogP contribution < -0.4 is 20.7 Å². The van der Waals surface area contributed by atoms with E-state index in [1.807, 2.05) is 18.2 Å². The highest BCUT2D eigenvalue weighted by Crippen LogP contribution is 2.35. The summed E-state index contributed by atoms with van der Waals surface area (Å²) in [6.45, 7) is 0. The number of halogens is 1. The maximum atomic E-state index is 6.24. The summed E-state index contributed by atoms with van der Waals surface area (Å²) >= 11 is 6.24. The van der Waals surface area contributed by atoms with E-state index < -0.39 is 8.07 Å². The summed E-state index contributed by atoms with van der Waals surface area (Å²) in [6, 6.07) is 50.7. The van der Waals surface area contributed by atoms with Gasteiger partial charge in [-0.05, 0) is 67.3 Å². The van der Waals surface area contributed by atoms with Crippen LogP contribution in [0.25, 0.3) is 44.2 Å². The summed E-state index contributed by atoms with van der Waals surface area (Å²) < 4.78 is 6.24. The first-order valence-electron chi connectivity index (χ1n) is 13.2. The van der Waals surface area contributed by atoms with Crippen molar-refractivity contribution in [2.24, 2.45) is 0 Å². The molecule has 0 N–H and O–H groups in total. The topological polar surface area (TPSA) is 13.1 Å². The lowest BCUT2D eigenvalue weighted by Gasteiger charge is -2.31. The standard InChI is InChI=1S/C36H23ClOSi/c37-26-17-20-30-29-18-15-24(21-33(29)38-34(30)23-26)25-16-19-32-31-13-7-8-14-35(31)39(36(32)22-25,27-9-3-1-4-10-27)28-11-5-2-6-12-28/h1-23H. The molecule has 0 spiro atoms. The zero-order chi connectivity index (χ0) is 26.0. The average molecular weight is 535 g/mol. The quantitative estimate of drug-likeness (QED) is 0.217. The van der Waals surface area contributed by atoms with Crippen LogP contribution in [-0.2, 0) is 0 Å². The normalized spacial score (nSPS) is 13.5. The highest BCUT2D eigenvalue weighted by atomic mass is 35.5. The molecule has 8 rings (SSSR count). The van der Waals surface area contributed by atoms with Crippen LogP contribution in [0.3, 0.4) is 0 Å². The van der Waals surface area contributed by atoms with Gasteiger partial charge in [0.15, 0.2) is 8.07 Å². The molecule has 0 aliphatic carbocycles. The minimum atomic E-state index is -2.51. The Morgan fingerprint density at radius 2 is 1.03 bits per heavy atom. The molecule has 0 amide bonds.